The molecule has 1 aliphatic heterocycles. The van der Waals surface area contributed by atoms with Gasteiger partial charge in [-0.3, -0.25) is 4.98 Å². The van der Waals surface area contributed by atoms with Gasteiger partial charge in [0.2, 0.25) is 0 Å². The van der Waals surface area contributed by atoms with Crippen LogP contribution in [0.15, 0.2) is 103 Å². The minimum absolute atomic E-state index is 0.114. The van der Waals surface area contributed by atoms with Crippen LogP contribution in [0.3, 0.4) is 0 Å². The van der Waals surface area contributed by atoms with Gasteiger partial charge in [0, 0.05) is 48.7 Å². The second kappa shape index (κ2) is 11.8. The molecule has 43 heavy (non-hydrogen) atoms. The van der Waals surface area contributed by atoms with Crippen LogP contribution in [-0.4, -0.2) is 35.9 Å². The maximum atomic E-state index is 6.10. The van der Waals surface area contributed by atoms with Crippen molar-refractivity contribution >= 4 is 28.7 Å². The Hall–Kier alpha value is -4.82. The highest BCUT2D eigenvalue weighted by Gasteiger charge is 2.42. The molecule has 0 amide bonds. The topological polar surface area (TPSA) is 54.8 Å². The number of benzene rings is 3. The molecule has 2 atom stereocenters. The number of anilines is 2. The van der Waals surface area contributed by atoms with Crippen molar-refractivity contribution in [3.05, 3.63) is 126 Å². The van der Waals surface area contributed by atoms with Crippen molar-refractivity contribution in [3.63, 3.8) is 0 Å². The Morgan fingerprint density at radius 3 is 2.05 bits per heavy atom. The van der Waals surface area contributed by atoms with E-state index in [1.807, 2.05) is 54.7 Å². The van der Waals surface area contributed by atoms with E-state index < -0.39 is 0 Å². The SMILES string of the molecule is COc1ccc(Oc2ccc(N3C(=S)N[C@@H](c4ccccn4)[C@H]3c3cc(C)n(-c4ccc(N(C)C)cc4)c3C)cc2)cc1. The summed E-state index contributed by atoms with van der Waals surface area (Å²) in [5, 5.41) is 4.24. The van der Waals surface area contributed by atoms with E-state index >= 15 is 0 Å². The second-order valence-corrected chi connectivity index (χ2v) is 11.2. The molecule has 1 saturated heterocycles. The predicted octanol–water partition coefficient (Wildman–Crippen LogP) is 7.53. The molecule has 7 nitrogen and oxygen atoms in total. The molecule has 1 aliphatic rings. The summed E-state index contributed by atoms with van der Waals surface area (Å²) in [6.45, 7) is 4.34. The van der Waals surface area contributed by atoms with E-state index in [0.717, 1.165) is 51.4 Å². The van der Waals surface area contributed by atoms with E-state index in [0.29, 0.717) is 5.11 Å². The average Bonchev–Trinajstić information content (AvgIpc) is 3.52. The molecule has 0 saturated carbocycles. The van der Waals surface area contributed by atoms with E-state index in [2.05, 4.69) is 96.2 Å². The first-order chi connectivity index (χ1) is 20.8. The number of methoxy groups -OCH3 is 1. The van der Waals surface area contributed by atoms with Crippen LogP contribution in [0, 0.1) is 13.8 Å². The molecular formula is C35H35N5O2S. The van der Waals surface area contributed by atoms with Crippen LogP contribution in [0.1, 0.15) is 34.7 Å². The molecule has 218 valence electrons. The lowest BCUT2D eigenvalue weighted by Gasteiger charge is -2.28. The van der Waals surface area contributed by atoms with Crippen LogP contribution in [0.2, 0.25) is 0 Å². The number of aromatic nitrogens is 2. The van der Waals surface area contributed by atoms with E-state index in [1.165, 1.54) is 5.56 Å². The lowest BCUT2D eigenvalue weighted by Crippen LogP contribution is -2.29. The number of rotatable bonds is 8. The van der Waals surface area contributed by atoms with Crippen molar-refractivity contribution < 1.29 is 9.47 Å². The fourth-order valence-electron chi connectivity index (χ4n) is 5.79. The van der Waals surface area contributed by atoms with Crippen molar-refractivity contribution in [2.75, 3.05) is 31.0 Å². The normalized spacial score (nSPS) is 16.2. The predicted molar refractivity (Wildman–Crippen MR) is 177 cm³/mol. The summed E-state index contributed by atoms with van der Waals surface area (Å²) >= 11 is 5.99. The van der Waals surface area contributed by atoms with Crippen LogP contribution in [0.25, 0.3) is 5.69 Å². The van der Waals surface area contributed by atoms with E-state index in [4.69, 9.17) is 26.7 Å². The number of aryl methyl sites for hydroxylation is 1. The summed E-state index contributed by atoms with van der Waals surface area (Å²) in [4.78, 5) is 9.04. The Kier molecular flexibility index (Phi) is 7.78. The Balaban J connectivity index is 1.37. The number of thiocarbonyl (C=S) groups is 1. The minimum atomic E-state index is -0.131. The third-order valence-corrected chi connectivity index (χ3v) is 8.24. The first-order valence-electron chi connectivity index (χ1n) is 14.2. The van der Waals surface area contributed by atoms with E-state index in [9.17, 15) is 0 Å². The lowest BCUT2D eigenvalue weighted by atomic mass is 9.96. The summed E-state index contributed by atoms with van der Waals surface area (Å²) in [7, 11) is 5.76. The summed E-state index contributed by atoms with van der Waals surface area (Å²) in [5.41, 5.74) is 7.72. The standard InChI is InChI=1S/C35H35N5O2S/c1-23-22-31(24(2)39(23)26-11-9-25(10-12-26)38(3)4)34-33(32-8-6-7-21-36-32)37-35(43)40(34)27-13-15-29(16-14-27)42-30-19-17-28(41-5)18-20-30/h6-22,33-34H,1-5H3,(H,37,43)/t33-,34+/m0/s1. The minimum Gasteiger partial charge on any atom is -0.497 e. The van der Waals surface area contributed by atoms with Crippen molar-refractivity contribution in [1.82, 2.24) is 14.9 Å². The summed E-state index contributed by atoms with van der Waals surface area (Å²) in [6, 6.07) is 32.3. The van der Waals surface area contributed by atoms with Gasteiger partial charge in [-0.25, -0.2) is 0 Å². The van der Waals surface area contributed by atoms with Crippen LogP contribution < -0.4 is 24.6 Å². The van der Waals surface area contributed by atoms with Gasteiger partial charge < -0.3 is 29.2 Å². The molecule has 5 aromatic rings. The van der Waals surface area contributed by atoms with Crippen molar-refractivity contribution in [3.8, 4) is 22.9 Å². The van der Waals surface area contributed by atoms with Gasteiger partial charge in [-0.15, -0.1) is 0 Å². The molecule has 0 unspecified atom stereocenters. The van der Waals surface area contributed by atoms with Gasteiger partial charge in [0.15, 0.2) is 5.11 Å². The molecule has 1 fully saturated rings. The average molecular weight is 590 g/mol. The molecule has 6 rings (SSSR count). The van der Waals surface area contributed by atoms with Gasteiger partial charge in [0.1, 0.15) is 17.2 Å². The number of nitrogens with one attached hydrogen (secondary N) is 1. The summed E-state index contributed by atoms with van der Waals surface area (Å²) < 4.78 is 13.7. The number of hydrogen-bond donors (Lipinski definition) is 1. The van der Waals surface area contributed by atoms with Crippen molar-refractivity contribution in [2.45, 2.75) is 25.9 Å². The van der Waals surface area contributed by atoms with Gasteiger partial charge in [-0.05, 0) is 123 Å². The molecule has 8 heteroatoms. The largest absolute Gasteiger partial charge is 0.497 e. The third kappa shape index (κ3) is 5.53. The monoisotopic (exact) mass is 589 g/mol. The highest BCUT2D eigenvalue weighted by molar-refractivity contribution is 7.80. The number of hydrogen-bond acceptors (Lipinski definition) is 5. The quantitative estimate of drug-likeness (QED) is 0.188. The molecule has 0 bridgehead atoms. The molecule has 0 radical (unpaired) electrons. The zero-order valence-electron chi connectivity index (χ0n) is 25.0. The van der Waals surface area contributed by atoms with Crippen molar-refractivity contribution in [2.24, 2.45) is 0 Å². The van der Waals surface area contributed by atoms with E-state index in [-0.39, 0.29) is 12.1 Å². The Bertz CT molecular complexity index is 1720. The highest BCUT2D eigenvalue weighted by Crippen LogP contribution is 2.44. The third-order valence-electron chi connectivity index (χ3n) is 7.92. The Morgan fingerprint density at radius 1 is 0.814 bits per heavy atom. The lowest BCUT2D eigenvalue weighted by molar-refractivity contribution is 0.413. The van der Waals surface area contributed by atoms with Gasteiger partial charge in [-0.2, -0.15) is 0 Å². The number of nitrogens with zero attached hydrogens (tertiary/aromatic N) is 4. The molecule has 0 aliphatic carbocycles. The van der Waals surface area contributed by atoms with Gasteiger partial charge >= 0.3 is 0 Å². The van der Waals surface area contributed by atoms with Gasteiger partial charge in [0.05, 0.1) is 24.9 Å². The molecule has 3 aromatic carbocycles. The zero-order chi connectivity index (χ0) is 30.1. The van der Waals surface area contributed by atoms with Crippen molar-refractivity contribution in [1.29, 1.82) is 0 Å². The summed E-state index contributed by atoms with van der Waals surface area (Å²) in [5.74, 6) is 2.27. The maximum absolute atomic E-state index is 6.10. The van der Waals surface area contributed by atoms with E-state index in [1.54, 1.807) is 7.11 Å². The Morgan fingerprint density at radius 2 is 1.44 bits per heavy atom. The number of pyridine rings is 1. The molecular weight excluding hydrogens is 554 g/mol. The van der Waals surface area contributed by atoms with Crippen LogP contribution >= 0.6 is 12.2 Å². The fourth-order valence-corrected chi connectivity index (χ4v) is 6.13. The fraction of sp³-hybridized carbons (Fsp3) is 0.200. The zero-order valence-corrected chi connectivity index (χ0v) is 25.8. The maximum Gasteiger partial charge on any atom is 0.174 e. The number of ether oxygens (including phenoxy) is 2. The van der Waals surface area contributed by atoms with Crippen LogP contribution in [0.5, 0.6) is 17.2 Å². The smallest absolute Gasteiger partial charge is 0.174 e. The van der Waals surface area contributed by atoms with Crippen LogP contribution in [0.4, 0.5) is 11.4 Å². The molecule has 0 spiro atoms. The molecule has 3 heterocycles. The van der Waals surface area contributed by atoms with Gasteiger partial charge in [0.25, 0.3) is 0 Å². The summed E-state index contributed by atoms with van der Waals surface area (Å²) in [6.07, 6.45) is 1.83. The Labute approximate surface area is 258 Å². The highest BCUT2D eigenvalue weighted by atomic mass is 32.1. The first kappa shape index (κ1) is 28.3. The van der Waals surface area contributed by atoms with Crippen LogP contribution in [-0.2, 0) is 0 Å². The van der Waals surface area contributed by atoms with Gasteiger partial charge in [-0.1, -0.05) is 6.07 Å². The second-order valence-electron chi connectivity index (χ2n) is 10.8. The first-order valence-corrected chi connectivity index (χ1v) is 14.6. The molecule has 2 aromatic heterocycles. The molecule has 1 N–H and O–H groups in total.